The molecule has 0 radical (unpaired) electrons. The molecule has 1 amide bonds. The summed E-state index contributed by atoms with van der Waals surface area (Å²) >= 11 is 0. The van der Waals surface area contributed by atoms with Crippen molar-refractivity contribution in [1.29, 1.82) is 0 Å². The van der Waals surface area contributed by atoms with Gasteiger partial charge in [0.25, 0.3) is 0 Å². The third-order valence-corrected chi connectivity index (χ3v) is 4.46. The van der Waals surface area contributed by atoms with E-state index in [-0.39, 0.29) is 11.8 Å². The second kappa shape index (κ2) is 5.94. The molecule has 2 aliphatic heterocycles. The second-order valence-electron chi connectivity index (χ2n) is 5.96. The van der Waals surface area contributed by atoms with Gasteiger partial charge in [-0.3, -0.25) is 9.69 Å². The van der Waals surface area contributed by atoms with Crippen molar-refractivity contribution in [1.82, 2.24) is 24.7 Å². The lowest BCUT2D eigenvalue weighted by molar-refractivity contribution is -0.122. The number of carbonyl (C=O) groups excluding carboxylic acids is 1. The Morgan fingerprint density at radius 2 is 1.96 bits per heavy atom. The van der Waals surface area contributed by atoms with Crippen LogP contribution in [0.25, 0.3) is 0 Å². The molecule has 0 aliphatic carbocycles. The van der Waals surface area contributed by atoms with Gasteiger partial charge >= 0.3 is 0 Å². The fourth-order valence-electron chi connectivity index (χ4n) is 3.35. The predicted molar refractivity (Wildman–Crippen MR) is 84.0 cm³/mol. The molecular weight excluding hydrogens is 294 g/mol. The summed E-state index contributed by atoms with van der Waals surface area (Å²) < 4.78 is 1.81. The molecule has 0 unspecified atom stereocenters. The molecule has 0 saturated carbocycles. The van der Waals surface area contributed by atoms with Crippen molar-refractivity contribution in [3.05, 3.63) is 24.8 Å². The first kappa shape index (κ1) is 14.1. The van der Waals surface area contributed by atoms with Crippen LogP contribution in [0, 0.1) is 5.92 Å². The standard InChI is InChI=1S/C15H19N7O/c23-13(21-8-3-9-22-15(21)18-11-19-22)12-4-1-7-20(10-12)14-16-5-2-6-17-14/h2,5-6,11-12H,1,3-4,7-10H2/t12-/m1/s1. The van der Waals surface area contributed by atoms with E-state index in [4.69, 9.17) is 0 Å². The number of rotatable bonds is 2. The van der Waals surface area contributed by atoms with Crippen LogP contribution in [0.2, 0.25) is 0 Å². The van der Waals surface area contributed by atoms with E-state index < -0.39 is 0 Å². The Balaban J connectivity index is 1.51. The number of hydrogen-bond acceptors (Lipinski definition) is 6. The molecule has 8 nitrogen and oxygen atoms in total. The van der Waals surface area contributed by atoms with Crippen molar-refractivity contribution in [2.75, 3.05) is 29.4 Å². The smallest absolute Gasteiger partial charge is 0.234 e. The summed E-state index contributed by atoms with van der Waals surface area (Å²) in [4.78, 5) is 29.7. The van der Waals surface area contributed by atoms with Gasteiger partial charge in [-0.1, -0.05) is 0 Å². The van der Waals surface area contributed by atoms with Gasteiger partial charge in [0, 0.05) is 38.6 Å². The van der Waals surface area contributed by atoms with Gasteiger partial charge in [0.05, 0.1) is 5.92 Å². The first-order valence-electron chi connectivity index (χ1n) is 8.04. The third-order valence-electron chi connectivity index (χ3n) is 4.46. The molecule has 8 heteroatoms. The number of piperidine rings is 1. The number of hydrogen-bond donors (Lipinski definition) is 0. The van der Waals surface area contributed by atoms with Gasteiger partial charge in [0.2, 0.25) is 17.8 Å². The summed E-state index contributed by atoms with van der Waals surface area (Å²) in [7, 11) is 0. The highest BCUT2D eigenvalue weighted by atomic mass is 16.2. The summed E-state index contributed by atoms with van der Waals surface area (Å²) in [5.74, 6) is 1.47. The van der Waals surface area contributed by atoms with Crippen molar-refractivity contribution in [2.24, 2.45) is 5.92 Å². The van der Waals surface area contributed by atoms with Gasteiger partial charge < -0.3 is 4.90 Å². The van der Waals surface area contributed by atoms with Crippen molar-refractivity contribution in [2.45, 2.75) is 25.8 Å². The fourth-order valence-corrected chi connectivity index (χ4v) is 3.35. The molecule has 4 rings (SSSR count). The van der Waals surface area contributed by atoms with E-state index in [0.29, 0.717) is 18.4 Å². The molecule has 120 valence electrons. The van der Waals surface area contributed by atoms with Crippen LogP contribution in [0.4, 0.5) is 11.9 Å². The molecular formula is C15H19N7O. The molecule has 4 heterocycles. The minimum absolute atomic E-state index is 0.0455. The SMILES string of the molecule is O=C([C@@H]1CCCN(c2ncccn2)C1)N1CCCn2ncnc21. The maximum atomic E-state index is 13.0. The Labute approximate surface area is 134 Å². The Morgan fingerprint density at radius 3 is 2.83 bits per heavy atom. The lowest BCUT2D eigenvalue weighted by Crippen LogP contribution is -2.47. The summed E-state index contributed by atoms with van der Waals surface area (Å²) in [6, 6.07) is 1.80. The average Bonchev–Trinajstić information content (AvgIpc) is 3.11. The Kier molecular flexibility index (Phi) is 3.64. The number of aryl methyl sites for hydroxylation is 1. The zero-order valence-electron chi connectivity index (χ0n) is 12.9. The van der Waals surface area contributed by atoms with E-state index in [1.165, 1.54) is 6.33 Å². The molecule has 0 spiro atoms. The number of carbonyl (C=O) groups is 1. The summed E-state index contributed by atoms with van der Waals surface area (Å²) in [6.45, 7) is 3.10. The van der Waals surface area contributed by atoms with Gasteiger partial charge in [-0.15, -0.1) is 0 Å². The number of nitrogens with zero attached hydrogens (tertiary/aromatic N) is 7. The van der Waals surface area contributed by atoms with E-state index in [1.54, 1.807) is 23.4 Å². The van der Waals surface area contributed by atoms with E-state index in [9.17, 15) is 4.79 Å². The highest BCUT2D eigenvalue weighted by Gasteiger charge is 2.33. The second-order valence-corrected chi connectivity index (χ2v) is 5.96. The first-order chi connectivity index (χ1) is 11.3. The van der Waals surface area contributed by atoms with Gasteiger partial charge in [-0.2, -0.15) is 10.1 Å². The maximum Gasteiger partial charge on any atom is 0.234 e. The Morgan fingerprint density at radius 1 is 1.09 bits per heavy atom. The highest BCUT2D eigenvalue weighted by Crippen LogP contribution is 2.25. The van der Waals surface area contributed by atoms with Crippen LogP contribution in [0.1, 0.15) is 19.3 Å². The van der Waals surface area contributed by atoms with Crippen LogP contribution in [0.5, 0.6) is 0 Å². The van der Waals surface area contributed by atoms with Crippen LogP contribution in [0.15, 0.2) is 24.8 Å². The monoisotopic (exact) mass is 313 g/mol. The zero-order chi connectivity index (χ0) is 15.6. The lowest BCUT2D eigenvalue weighted by Gasteiger charge is -2.35. The minimum Gasteiger partial charge on any atom is -0.340 e. The van der Waals surface area contributed by atoms with Crippen LogP contribution < -0.4 is 9.80 Å². The normalized spacial score (nSPS) is 21.1. The molecule has 0 bridgehead atoms. The largest absolute Gasteiger partial charge is 0.340 e. The van der Waals surface area contributed by atoms with Crippen molar-refractivity contribution >= 4 is 17.8 Å². The van der Waals surface area contributed by atoms with E-state index >= 15 is 0 Å². The summed E-state index contributed by atoms with van der Waals surface area (Å²) in [5, 5.41) is 4.18. The zero-order valence-corrected chi connectivity index (χ0v) is 12.9. The third kappa shape index (κ3) is 2.64. The van der Waals surface area contributed by atoms with Gasteiger partial charge in [-0.25, -0.2) is 14.6 Å². The van der Waals surface area contributed by atoms with Crippen LogP contribution in [-0.4, -0.2) is 50.3 Å². The van der Waals surface area contributed by atoms with E-state index in [0.717, 1.165) is 38.9 Å². The number of anilines is 2. The highest BCUT2D eigenvalue weighted by molar-refractivity contribution is 5.94. The Hall–Kier alpha value is -2.51. The fraction of sp³-hybridized carbons (Fsp3) is 0.533. The number of fused-ring (bicyclic) bond motifs is 1. The van der Waals surface area contributed by atoms with Crippen LogP contribution in [-0.2, 0) is 11.3 Å². The molecule has 2 aromatic heterocycles. The molecule has 23 heavy (non-hydrogen) atoms. The number of aromatic nitrogens is 5. The lowest BCUT2D eigenvalue weighted by atomic mass is 9.96. The first-order valence-corrected chi connectivity index (χ1v) is 8.04. The molecule has 2 aromatic rings. The average molecular weight is 313 g/mol. The Bertz CT molecular complexity index is 686. The molecule has 2 aliphatic rings. The molecule has 1 fully saturated rings. The number of amides is 1. The van der Waals surface area contributed by atoms with Gasteiger partial charge in [-0.05, 0) is 25.3 Å². The quantitative estimate of drug-likeness (QED) is 0.813. The van der Waals surface area contributed by atoms with Crippen LogP contribution in [0.3, 0.4) is 0 Å². The molecule has 0 N–H and O–H groups in total. The topological polar surface area (TPSA) is 80.0 Å². The van der Waals surface area contributed by atoms with Crippen molar-refractivity contribution in [3.8, 4) is 0 Å². The van der Waals surface area contributed by atoms with E-state index in [1.807, 2.05) is 4.68 Å². The maximum absolute atomic E-state index is 13.0. The summed E-state index contributed by atoms with van der Waals surface area (Å²) in [5.41, 5.74) is 0. The van der Waals surface area contributed by atoms with Crippen LogP contribution >= 0.6 is 0 Å². The summed E-state index contributed by atoms with van der Waals surface area (Å²) in [6.07, 6.45) is 7.77. The van der Waals surface area contributed by atoms with Crippen molar-refractivity contribution < 1.29 is 4.79 Å². The van der Waals surface area contributed by atoms with Gasteiger partial charge in [0.15, 0.2) is 0 Å². The molecule has 1 saturated heterocycles. The molecule has 0 aromatic carbocycles. The van der Waals surface area contributed by atoms with Gasteiger partial charge in [0.1, 0.15) is 6.33 Å². The minimum atomic E-state index is -0.0455. The molecule has 1 atom stereocenters. The van der Waals surface area contributed by atoms with E-state index in [2.05, 4.69) is 25.0 Å². The predicted octanol–water partition coefficient (Wildman–Crippen LogP) is 0.721. The van der Waals surface area contributed by atoms with Crippen molar-refractivity contribution in [3.63, 3.8) is 0 Å².